The van der Waals surface area contributed by atoms with Crippen LogP contribution in [0.3, 0.4) is 0 Å². The molecule has 4 rings (SSSR count). The number of anilines is 1. The summed E-state index contributed by atoms with van der Waals surface area (Å²) in [5.74, 6) is 1.57. The maximum Gasteiger partial charge on any atom is 0.144 e. The minimum Gasteiger partial charge on any atom is -0.497 e. The van der Waals surface area contributed by atoms with Gasteiger partial charge in [0.15, 0.2) is 0 Å². The van der Waals surface area contributed by atoms with Crippen molar-refractivity contribution in [3.63, 3.8) is 0 Å². The molecule has 0 aliphatic carbocycles. The third-order valence-electron chi connectivity index (χ3n) is 4.33. The van der Waals surface area contributed by atoms with Gasteiger partial charge in [-0.3, -0.25) is 0 Å². The zero-order valence-corrected chi connectivity index (χ0v) is 21.0. The maximum absolute atomic E-state index is 7.33. The number of hydrogen-bond donors (Lipinski definition) is 2. The SMILES string of the molecule is CC.CC(=N)c1cccc(C)c1.COc1cccc(C)c1.Cc1ccc2snc(N)c2c1. The van der Waals surface area contributed by atoms with Crippen LogP contribution in [0.15, 0.2) is 66.7 Å². The predicted molar refractivity (Wildman–Crippen MR) is 142 cm³/mol. The van der Waals surface area contributed by atoms with Crippen LogP contribution in [-0.4, -0.2) is 17.2 Å². The zero-order chi connectivity index (χ0) is 24.1. The monoisotopic (exact) mass is 449 g/mol. The molecule has 32 heavy (non-hydrogen) atoms. The normalized spacial score (nSPS) is 9.34. The summed E-state index contributed by atoms with van der Waals surface area (Å²) in [7, 11) is 1.68. The van der Waals surface area contributed by atoms with Crippen LogP contribution in [0.1, 0.15) is 43.0 Å². The molecule has 4 nitrogen and oxygen atoms in total. The molecular weight excluding hydrogens is 414 g/mol. The van der Waals surface area contributed by atoms with Crippen LogP contribution in [0, 0.1) is 26.2 Å². The van der Waals surface area contributed by atoms with Crippen molar-refractivity contribution >= 4 is 33.1 Å². The Kier molecular flexibility index (Phi) is 11.7. The van der Waals surface area contributed by atoms with E-state index in [1.807, 2.05) is 76.2 Å². The lowest BCUT2D eigenvalue weighted by Gasteiger charge is -1.97. The van der Waals surface area contributed by atoms with Gasteiger partial charge in [-0.15, -0.1) is 0 Å². The van der Waals surface area contributed by atoms with Gasteiger partial charge >= 0.3 is 0 Å². The van der Waals surface area contributed by atoms with Crippen LogP contribution in [0.2, 0.25) is 0 Å². The number of nitrogens with two attached hydrogens (primary N) is 1. The summed E-state index contributed by atoms with van der Waals surface area (Å²) in [6.07, 6.45) is 0. The highest BCUT2D eigenvalue weighted by Gasteiger charge is 2.00. The van der Waals surface area contributed by atoms with Gasteiger partial charge in [0, 0.05) is 11.1 Å². The largest absolute Gasteiger partial charge is 0.497 e. The van der Waals surface area contributed by atoms with Gasteiger partial charge in [0.05, 0.1) is 11.8 Å². The molecule has 1 heterocycles. The average molecular weight is 450 g/mol. The number of nitrogens with one attached hydrogen (secondary N) is 1. The molecule has 0 unspecified atom stereocenters. The van der Waals surface area contributed by atoms with E-state index in [-0.39, 0.29) is 0 Å². The molecule has 0 aliphatic heterocycles. The third-order valence-corrected chi connectivity index (χ3v) is 5.17. The van der Waals surface area contributed by atoms with Gasteiger partial charge in [-0.2, -0.15) is 4.37 Å². The first kappa shape index (κ1) is 26.9. The first-order valence-electron chi connectivity index (χ1n) is 10.6. The van der Waals surface area contributed by atoms with Crippen molar-refractivity contribution in [2.24, 2.45) is 0 Å². The Morgan fingerprint density at radius 2 is 1.47 bits per heavy atom. The quantitative estimate of drug-likeness (QED) is 0.309. The van der Waals surface area contributed by atoms with E-state index < -0.39 is 0 Å². The van der Waals surface area contributed by atoms with Crippen LogP contribution < -0.4 is 10.5 Å². The molecule has 170 valence electrons. The lowest BCUT2D eigenvalue weighted by atomic mass is 10.1. The molecule has 3 N–H and O–H groups in total. The van der Waals surface area contributed by atoms with E-state index >= 15 is 0 Å². The van der Waals surface area contributed by atoms with Gasteiger partial charge in [0.2, 0.25) is 0 Å². The van der Waals surface area contributed by atoms with Gasteiger partial charge in [0.25, 0.3) is 0 Å². The highest BCUT2D eigenvalue weighted by molar-refractivity contribution is 7.13. The van der Waals surface area contributed by atoms with Gasteiger partial charge < -0.3 is 15.9 Å². The number of nitrogens with zero attached hydrogens (tertiary/aromatic N) is 1. The fourth-order valence-corrected chi connectivity index (χ4v) is 3.38. The van der Waals surface area contributed by atoms with E-state index in [2.05, 4.69) is 29.5 Å². The van der Waals surface area contributed by atoms with Crippen molar-refractivity contribution in [3.8, 4) is 5.75 Å². The second-order valence-corrected chi connectivity index (χ2v) is 7.89. The smallest absolute Gasteiger partial charge is 0.144 e. The maximum atomic E-state index is 7.33. The van der Waals surface area contributed by atoms with E-state index in [9.17, 15) is 0 Å². The van der Waals surface area contributed by atoms with E-state index in [0.29, 0.717) is 11.5 Å². The molecule has 0 spiro atoms. The van der Waals surface area contributed by atoms with Crippen LogP contribution in [0.5, 0.6) is 5.75 Å². The molecule has 1 aromatic heterocycles. The molecule has 0 amide bonds. The lowest BCUT2D eigenvalue weighted by Crippen LogP contribution is -1.90. The average Bonchev–Trinajstić information content (AvgIpc) is 3.16. The third kappa shape index (κ3) is 8.90. The number of rotatable bonds is 2. The van der Waals surface area contributed by atoms with Crippen molar-refractivity contribution in [1.29, 1.82) is 5.41 Å². The predicted octanol–water partition coefficient (Wildman–Crippen LogP) is 7.60. The summed E-state index contributed by atoms with van der Waals surface area (Å²) in [4.78, 5) is 0. The number of aromatic nitrogens is 1. The highest BCUT2D eigenvalue weighted by atomic mass is 32.1. The van der Waals surface area contributed by atoms with E-state index in [1.54, 1.807) is 14.0 Å². The van der Waals surface area contributed by atoms with E-state index in [0.717, 1.165) is 21.4 Å². The van der Waals surface area contributed by atoms with Crippen molar-refractivity contribution < 1.29 is 4.74 Å². The van der Waals surface area contributed by atoms with Crippen molar-refractivity contribution in [1.82, 2.24) is 4.37 Å². The Balaban J connectivity index is 0.000000232. The lowest BCUT2D eigenvalue weighted by molar-refractivity contribution is 0.414. The molecule has 0 saturated carbocycles. The summed E-state index contributed by atoms with van der Waals surface area (Å²) in [6, 6.07) is 22.1. The summed E-state index contributed by atoms with van der Waals surface area (Å²) < 4.78 is 10.2. The van der Waals surface area contributed by atoms with Crippen molar-refractivity contribution in [2.75, 3.05) is 12.8 Å². The Labute approximate surface area is 196 Å². The molecular formula is C27H35N3OS. The van der Waals surface area contributed by atoms with Crippen molar-refractivity contribution in [2.45, 2.75) is 41.5 Å². The Morgan fingerprint density at radius 1 is 0.875 bits per heavy atom. The second-order valence-electron chi connectivity index (χ2n) is 7.08. The first-order chi connectivity index (χ1) is 15.3. The number of hydrogen-bond acceptors (Lipinski definition) is 5. The van der Waals surface area contributed by atoms with Gasteiger partial charge in [-0.1, -0.05) is 67.4 Å². The number of methoxy groups -OCH3 is 1. The molecule has 0 fully saturated rings. The zero-order valence-electron chi connectivity index (χ0n) is 20.2. The van der Waals surface area contributed by atoms with E-state index in [4.69, 9.17) is 15.9 Å². The fourth-order valence-electron chi connectivity index (χ4n) is 2.69. The standard InChI is InChI=1S/C9H11N.C8H8N2S.C8H10O.C2H6/c1-7-4-3-5-9(6-7)8(2)10;1-5-2-3-7-6(4-5)8(9)10-11-7;1-7-4-3-5-8(6-7)9-2;1-2/h3-6,10H,1-2H3;2-4H,1H3,(H2,9,10);3-6H,1-2H3;1-2H3. The van der Waals surface area contributed by atoms with Crippen LogP contribution in [-0.2, 0) is 0 Å². The molecule has 0 saturated heterocycles. The van der Waals surface area contributed by atoms with Gasteiger partial charge in [0.1, 0.15) is 11.6 Å². The molecule has 3 aromatic carbocycles. The topological polar surface area (TPSA) is 72.0 Å². The molecule has 5 heteroatoms. The minimum atomic E-state index is 0.628. The summed E-state index contributed by atoms with van der Waals surface area (Å²) in [5, 5.41) is 8.41. The molecule has 0 atom stereocenters. The molecule has 0 aliphatic rings. The molecule has 0 bridgehead atoms. The summed E-state index contributed by atoms with van der Waals surface area (Å²) in [6.45, 7) is 11.9. The highest BCUT2D eigenvalue weighted by Crippen LogP contribution is 2.24. The first-order valence-corrected chi connectivity index (χ1v) is 11.4. The fraction of sp³-hybridized carbons (Fsp3) is 0.259. The van der Waals surface area contributed by atoms with Crippen LogP contribution in [0.4, 0.5) is 5.82 Å². The Hall–Kier alpha value is -3.18. The van der Waals surface area contributed by atoms with E-state index in [1.165, 1.54) is 28.2 Å². The number of nitrogen functional groups attached to an aromatic ring is 1. The molecule has 4 aromatic rings. The van der Waals surface area contributed by atoms with Crippen LogP contribution in [0.25, 0.3) is 10.1 Å². The number of aryl methyl sites for hydroxylation is 3. The minimum absolute atomic E-state index is 0.628. The van der Waals surface area contributed by atoms with Gasteiger partial charge in [-0.05, 0) is 74.6 Å². The second kappa shape index (κ2) is 14.0. The van der Waals surface area contributed by atoms with Gasteiger partial charge in [-0.25, -0.2) is 0 Å². The molecule has 0 radical (unpaired) electrons. The Morgan fingerprint density at radius 3 is 1.97 bits per heavy atom. The van der Waals surface area contributed by atoms with Crippen molar-refractivity contribution in [3.05, 3.63) is 89.0 Å². The summed E-state index contributed by atoms with van der Waals surface area (Å²) >= 11 is 1.45. The number of fused-ring (bicyclic) bond motifs is 1. The summed E-state index contributed by atoms with van der Waals surface area (Å²) in [5.41, 5.74) is 11.0. The Bertz CT molecular complexity index is 1120. The van der Waals surface area contributed by atoms with Crippen LogP contribution >= 0.6 is 11.5 Å². The number of ether oxygens (including phenoxy) is 1. The number of benzene rings is 3.